The van der Waals surface area contributed by atoms with Gasteiger partial charge in [-0.05, 0) is 18.1 Å². The van der Waals surface area contributed by atoms with Crippen LogP contribution in [0, 0.1) is 0 Å². The summed E-state index contributed by atoms with van der Waals surface area (Å²) >= 11 is 0. The first-order valence-electron chi connectivity index (χ1n) is 10.3. The second-order valence-corrected chi connectivity index (χ2v) is 7.36. The van der Waals surface area contributed by atoms with Gasteiger partial charge in [0, 0.05) is 29.6 Å². The van der Waals surface area contributed by atoms with E-state index in [2.05, 4.69) is 17.2 Å². The number of hydrogen-bond acceptors (Lipinski definition) is 6. The van der Waals surface area contributed by atoms with E-state index >= 15 is 0 Å². The van der Waals surface area contributed by atoms with Crippen molar-refractivity contribution in [2.24, 2.45) is 0 Å². The van der Waals surface area contributed by atoms with Gasteiger partial charge in [0.2, 0.25) is 5.91 Å². The second kappa shape index (κ2) is 8.95. The Balaban J connectivity index is 1.75. The maximum absolute atomic E-state index is 12.4. The predicted octanol–water partition coefficient (Wildman–Crippen LogP) is 3.81. The molecule has 4 rings (SSSR count). The van der Waals surface area contributed by atoms with Crippen molar-refractivity contribution >= 4 is 28.0 Å². The SMILES string of the molecule is CCCCCNC(=O)Cc1cc(=O)oc2cc3oc(=O)c(-c4ccccc4)nc3cc12. The fourth-order valence-corrected chi connectivity index (χ4v) is 3.49. The summed E-state index contributed by atoms with van der Waals surface area (Å²) in [7, 11) is 0. The minimum absolute atomic E-state index is 0.0437. The van der Waals surface area contributed by atoms with Gasteiger partial charge < -0.3 is 14.2 Å². The topological polar surface area (TPSA) is 102 Å². The van der Waals surface area contributed by atoms with Crippen LogP contribution in [0.2, 0.25) is 0 Å². The Morgan fingerprint density at radius 3 is 2.58 bits per heavy atom. The summed E-state index contributed by atoms with van der Waals surface area (Å²) < 4.78 is 10.7. The van der Waals surface area contributed by atoms with Gasteiger partial charge in [-0.25, -0.2) is 14.6 Å². The summed E-state index contributed by atoms with van der Waals surface area (Å²) in [5.74, 6) is -0.166. The van der Waals surface area contributed by atoms with Gasteiger partial charge in [0.15, 0.2) is 11.3 Å². The number of benzene rings is 2. The Bertz CT molecular complexity index is 1360. The van der Waals surface area contributed by atoms with Crippen molar-refractivity contribution < 1.29 is 13.6 Å². The smallest absolute Gasteiger partial charge is 0.363 e. The third-order valence-electron chi connectivity index (χ3n) is 5.04. The fraction of sp³-hybridized carbons (Fsp3) is 0.250. The number of amides is 1. The van der Waals surface area contributed by atoms with Gasteiger partial charge in [0.05, 0.1) is 6.42 Å². The number of hydrogen-bond donors (Lipinski definition) is 1. The number of fused-ring (bicyclic) bond motifs is 2. The first kappa shape index (κ1) is 20.5. The Hall–Kier alpha value is -3.74. The minimum Gasteiger partial charge on any atom is -0.423 e. The van der Waals surface area contributed by atoms with Gasteiger partial charge >= 0.3 is 11.3 Å². The van der Waals surface area contributed by atoms with E-state index in [1.54, 1.807) is 18.2 Å². The molecule has 0 saturated heterocycles. The summed E-state index contributed by atoms with van der Waals surface area (Å²) in [5, 5.41) is 3.46. The molecule has 158 valence electrons. The van der Waals surface area contributed by atoms with Crippen molar-refractivity contribution in [3.63, 3.8) is 0 Å². The predicted molar refractivity (Wildman–Crippen MR) is 118 cm³/mol. The molecule has 0 bridgehead atoms. The first-order chi connectivity index (χ1) is 15.0. The Labute approximate surface area is 177 Å². The van der Waals surface area contributed by atoms with Crippen molar-refractivity contribution in [2.45, 2.75) is 32.6 Å². The summed E-state index contributed by atoms with van der Waals surface area (Å²) in [4.78, 5) is 41.3. The van der Waals surface area contributed by atoms with Gasteiger partial charge in [-0.15, -0.1) is 0 Å². The number of nitrogens with one attached hydrogen (secondary N) is 1. The Morgan fingerprint density at radius 1 is 1.00 bits per heavy atom. The number of rotatable bonds is 7. The number of aromatic nitrogens is 1. The lowest BCUT2D eigenvalue weighted by atomic mass is 10.1. The fourth-order valence-electron chi connectivity index (χ4n) is 3.49. The number of nitrogens with zero attached hydrogens (tertiary/aromatic N) is 1. The Morgan fingerprint density at radius 2 is 1.81 bits per heavy atom. The summed E-state index contributed by atoms with van der Waals surface area (Å²) in [5.41, 5.74) is 1.11. The number of carbonyl (C=O) groups is 1. The second-order valence-electron chi connectivity index (χ2n) is 7.36. The van der Waals surface area contributed by atoms with Crippen LogP contribution in [0.15, 0.2) is 67.0 Å². The van der Waals surface area contributed by atoms with Gasteiger partial charge in [0.1, 0.15) is 11.1 Å². The van der Waals surface area contributed by atoms with Crippen molar-refractivity contribution in [3.05, 3.63) is 74.9 Å². The minimum atomic E-state index is -0.581. The largest absolute Gasteiger partial charge is 0.423 e. The van der Waals surface area contributed by atoms with Crippen LogP contribution < -0.4 is 16.6 Å². The summed E-state index contributed by atoms with van der Waals surface area (Å²) in [6, 6.07) is 13.5. The average Bonchev–Trinajstić information content (AvgIpc) is 2.76. The van der Waals surface area contributed by atoms with E-state index in [1.807, 2.05) is 18.2 Å². The molecule has 0 unspecified atom stereocenters. The van der Waals surface area contributed by atoms with E-state index in [0.29, 0.717) is 28.6 Å². The van der Waals surface area contributed by atoms with Gasteiger partial charge in [-0.3, -0.25) is 4.79 Å². The Kier molecular flexibility index (Phi) is 5.93. The van der Waals surface area contributed by atoms with Crippen LogP contribution in [0.1, 0.15) is 31.7 Å². The maximum Gasteiger partial charge on any atom is 0.363 e. The van der Waals surface area contributed by atoms with Crippen molar-refractivity contribution in [3.8, 4) is 11.3 Å². The molecule has 7 nitrogen and oxygen atoms in total. The van der Waals surface area contributed by atoms with E-state index in [9.17, 15) is 14.4 Å². The molecule has 31 heavy (non-hydrogen) atoms. The molecule has 0 atom stereocenters. The molecule has 0 aliphatic carbocycles. The van der Waals surface area contributed by atoms with Gasteiger partial charge in [-0.1, -0.05) is 50.1 Å². The molecule has 0 radical (unpaired) electrons. The molecule has 7 heteroatoms. The zero-order valence-corrected chi connectivity index (χ0v) is 17.1. The van der Waals surface area contributed by atoms with Crippen LogP contribution in [0.5, 0.6) is 0 Å². The van der Waals surface area contributed by atoms with Gasteiger partial charge in [0.25, 0.3) is 0 Å². The molecule has 1 N–H and O–H groups in total. The highest BCUT2D eigenvalue weighted by Crippen LogP contribution is 2.25. The molecule has 0 spiro atoms. The number of carbonyl (C=O) groups excluding carboxylic acids is 1. The summed E-state index contributed by atoms with van der Waals surface area (Å²) in [6.07, 6.45) is 3.07. The average molecular weight is 418 g/mol. The van der Waals surface area contributed by atoms with Gasteiger partial charge in [-0.2, -0.15) is 0 Å². The van der Waals surface area contributed by atoms with Crippen LogP contribution in [-0.4, -0.2) is 17.4 Å². The van der Waals surface area contributed by atoms with Crippen molar-refractivity contribution in [2.75, 3.05) is 6.54 Å². The lowest BCUT2D eigenvalue weighted by Gasteiger charge is -2.08. The zero-order valence-electron chi connectivity index (χ0n) is 17.1. The van der Waals surface area contributed by atoms with E-state index in [1.165, 1.54) is 12.1 Å². The van der Waals surface area contributed by atoms with E-state index in [4.69, 9.17) is 8.83 Å². The highest BCUT2D eigenvalue weighted by molar-refractivity contribution is 5.95. The zero-order chi connectivity index (χ0) is 21.8. The standard InChI is InChI=1S/C24H22N2O5/c1-2-3-7-10-25-21(27)11-16-12-22(28)30-19-14-20-18(13-17(16)19)26-23(24(29)31-20)15-8-5-4-6-9-15/h4-6,8-9,12-14H,2-3,7,10-11H2,1H3,(H,25,27). The van der Waals surface area contributed by atoms with Crippen LogP contribution in [-0.2, 0) is 11.2 Å². The molecular weight excluding hydrogens is 396 g/mol. The van der Waals surface area contributed by atoms with E-state index in [-0.39, 0.29) is 29.2 Å². The van der Waals surface area contributed by atoms with Crippen LogP contribution in [0.25, 0.3) is 33.3 Å². The normalized spacial score (nSPS) is 11.1. The summed E-state index contributed by atoms with van der Waals surface area (Å²) in [6.45, 7) is 2.70. The highest BCUT2D eigenvalue weighted by atomic mass is 16.4. The molecule has 0 aliphatic heterocycles. The molecular formula is C24H22N2O5. The third kappa shape index (κ3) is 4.55. The van der Waals surface area contributed by atoms with Crippen LogP contribution in [0.3, 0.4) is 0 Å². The molecule has 0 fully saturated rings. The van der Waals surface area contributed by atoms with E-state index < -0.39 is 11.3 Å². The molecule has 2 aromatic carbocycles. The van der Waals surface area contributed by atoms with Crippen LogP contribution >= 0.6 is 0 Å². The third-order valence-corrected chi connectivity index (χ3v) is 5.04. The quantitative estimate of drug-likeness (QED) is 0.278. The molecule has 2 heterocycles. The molecule has 0 aliphatic rings. The highest BCUT2D eigenvalue weighted by Gasteiger charge is 2.15. The first-order valence-corrected chi connectivity index (χ1v) is 10.3. The molecule has 2 aromatic heterocycles. The lowest BCUT2D eigenvalue weighted by Crippen LogP contribution is -2.26. The van der Waals surface area contributed by atoms with Crippen molar-refractivity contribution in [1.29, 1.82) is 0 Å². The van der Waals surface area contributed by atoms with Crippen molar-refractivity contribution in [1.82, 2.24) is 10.3 Å². The molecule has 1 amide bonds. The lowest BCUT2D eigenvalue weighted by molar-refractivity contribution is -0.120. The maximum atomic E-state index is 12.4. The number of unbranched alkanes of at least 4 members (excludes halogenated alkanes) is 2. The van der Waals surface area contributed by atoms with Crippen LogP contribution in [0.4, 0.5) is 0 Å². The van der Waals surface area contributed by atoms with E-state index in [0.717, 1.165) is 19.3 Å². The molecule has 0 saturated carbocycles. The molecule has 4 aromatic rings. The monoisotopic (exact) mass is 418 g/mol.